The molecular weight excluding hydrogens is 390 g/mol. The van der Waals surface area contributed by atoms with Crippen molar-refractivity contribution >= 4 is 23.1 Å². The van der Waals surface area contributed by atoms with Gasteiger partial charge in [-0.05, 0) is 43.3 Å². The van der Waals surface area contributed by atoms with Crippen LogP contribution in [-0.4, -0.2) is 34.9 Å². The smallest absolute Gasteiger partial charge is 0.387 e. The highest BCUT2D eigenvalue weighted by atomic mass is 32.1. The number of esters is 1. The first kappa shape index (κ1) is 19.6. The number of Topliss-reactive ketones (excluding diaryl/α,β-unsaturated/α-hetero) is 1. The minimum Gasteiger partial charge on any atom is -0.453 e. The summed E-state index contributed by atoms with van der Waals surface area (Å²) in [5.41, 5.74) is 1.33. The first-order chi connectivity index (χ1) is 13.4. The lowest BCUT2D eigenvalue weighted by atomic mass is 10.1. The van der Waals surface area contributed by atoms with Gasteiger partial charge in [0.1, 0.15) is 15.6 Å². The fraction of sp³-hybridized carbons (Fsp3) is 0.158. The van der Waals surface area contributed by atoms with E-state index in [2.05, 4.69) is 14.7 Å². The van der Waals surface area contributed by atoms with Crippen LogP contribution in [0.4, 0.5) is 8.78 Å². The van der Waals surface area contributed by atoms with Crippen LogP contribution in [0.2, 0.25) is 0 Å². The zero-order valence-electron chi connectivity index (χ0n) is 14.6. The SMILES string of the molecule is Cc1nc(-c2ccccn2)sc1C(=O)OCC(=O)c1ccc(OC(F)F)cc1. The predicted molar refractivity (Wildman–Crippen MR) is 97.8 cm³/mol. The third-order valence-electron chi connectivity index (χ3n) is 3.60. The van der Waals surface area contributed by atoms with E-state index in [1.54, 1.807) is 25.3 Å². The van der Waals surface area contributed by atoms with E-state index in [0.717, 1.165) is 11.3 Å². The Balaban J connectivity index is 1.62. The summed E-state index contributed by atoms with van der Waals surface area (Å²) in [5, 5.41) is 0.575. The number of hydrogen-bond donors (Lipinski definition) is 0. The fourth-order valence-corrected chi connectivity index (χ4v) is 3.22. The number of aryl methyl sites for hydroxylation is 1. The largest absolute Gasteiger partial charge is 0.453 e. The lowest BCUT2D eigenvalue weighted by molar-refractivity contribution is -0.0498. The Morgan fingerprint density at radius 2 is 1.89 bits per heavy atom. The van der Waals surface area contributed by atoms with E-state index in [1.807, 2.05) is 6.07 Å². The molecule has 2 heterocycles. The molecule has 0 atom stereocenters. The molecule has 6 nitrogen and oxygen atoms in total. The van der Waals surface area contributed by atoms with Crippen LogP contribution >= 0.6 is 11.3 Å². The normalized spacial score (nSPS) is 10.7. The van der Waals surface area contributed by atoms with E-state index in [-0.39, 0.29) is 16.2 Å². The summed E-state index contributed by atoms with van der Waals surface area (Å²) < 4.78 is 33.6. The highest BCUT2D eigenvalue weighted by Gasteiger charge is 2.19. The Morgan fingerprint density at radius 3 is 2.54 bits per heavy atom. The molecule has 3 rings (SSSR count). The van der Waals surface area contributed by atoms with Crippen molar-refractivity contribution in [2.75, 3.05) is 6.61 Å². The number of rotatable bonds is 7. The molecule has 144 valence electrons. The molecule has 1 aromatic carbocycles. The lowest BCUT2D eigenvalue weighted by Crippen LogP contribution is -2.14. The zero-order valence-corrected chi connectivity index (χ0v) is 15.4. The highest BCUT2D eigenvalue weighted by Crippen LogP contribution is 2.27. The molecule has 0 aliphatic rings. The average molecular weight is 404 g/mol. The fourth-order valence-electron chi connectivity index (χ4n) is 2.29. The molecule has 0 spiro atoms. The number of pyridine rings is 1. The van der Waals surface area contributed by atoms with Gasteiger partial charge in [0.25, 0.3) is 0 Å². The number of alkyl halides is 2. The minimum absolute atomic E-state index is 0.0640. The summed E-state index contributed by atoms with van der Waals surface area (Å²) in [5.74, 6) is -1.20. The molecule has 3 aromatic rings. The third-order valence-corrected chi connectivity index (χ3v) is 4.76. The Morgan fingerprint density at radius 1 is 1.14 bits per heavy atom. The number of ketones is 1. The van der Waals surface area contributed by atoms with E-state index >= 15 is 0 Å². The second-order valence-corrected chi connectivity index (χ2v) is 6.55. The summed E-state index contributed by atoms with van der Waals surface area (Å²) in [6.07, 6.45) is 1.63. The topological polar surface area (TPSA) is 78.4 Å². The number of carbonyl (C=O) groups excluding carboxylic acids is 2. The monoisotopic (exact) mass is 404 g/mol. The summed E-state index contributed by atoms with van der Waals surface area (Å²) in [4.78, 5) is 33.2. The van der Waals surface area contributed by atoms with Gasteiger partial charge in [-0.1, -0.05) is 6.07 Å². The van der Waals surface area contributed by atoms with Crippen LogP contribution in [0, 0.1) is 6.92 Å². The molecule has 0 fully saturated rings. The van der Waals surface area contributed by atoms with Crippen LogP contribution in [0.5, 0.6) is 5.75 Å². The molecule has 0 aliphatic heterocycles. The van der Waals surface area contributed by atoms with E-state index < -0.39 is 25.0 Å². The van der Waals surface area contributed by atoms with Crippen molar-refractivity contribution < 1.29 is 27.8 Å². The summed E-state index contributed by atoms with van der Waals surface area (Å²) >= 11 is 1.13. The molecular formula is C19H14F2N2O4S. The number of hydrogen-bond acceptors (Lipinski definition) is 7. The second kappa shape index (κ2) is 8.66. The number of thiazole rings is 1. The van der Waals surface area contributed by atoms with Gasteiger partial charge in [-0.25, -0.2) is 9.78 Å². The van der Waals surface area contributed by atoms with Crippen molar-refractivity contribution in [2.24, 2.45) is 0 Å². The average Bonchev–Trinajstić information content (AvgIpc) is 3.08. The highest BCUT2D eigenvalue weighted by molar-refractivity contribution is 7.17. The van der Waals surface area contributed by atoms with Crippen LogP contribution in [-0.2, 0) is 4.74 Å². The van der Waals surface area contributed by atoms with E-state index in [1.165, 1.54) is 24.3 Å². The van der Waals surface area contributed by atoms with Gasteiger partial charge in [-0.2, -0.15) is 8.78 Å². The Labute approximate surface area is 162 Å². The van der Waals surface area contributed by atoms with Gasteiger partial charge in [0.05, 0.1) is 11.4 Å². The van der Waals surface area contributed by atoms with Crippen molar-refractivity contribution in [3.8, 4) is 16.5 Å². The van der Waals surface area contributed by atoms with Gasteiger partial charge in [0.15, 0.2) is 12.4 Å². The zero-order chi connectivity index (χ0) is 20.1. The Bertz CT molecular complexity index is 975. The Hall–Kier alpha value is -3.20. The Kier molecular flexibility index (Phi) is 6.05. The minimum atomic E-state index is -2.94. The first-order valence-corrected chi connectivity index (χ1v) is 8.89. The van der Waals surface area contributed by atoms with E-state index in [0.29, 0.717) is 16.4 Å². The van der Waals surface area contributed by atoms with Crippen molar-refractivity contribution in [2.45, 2.75) is 13.5 Å². The quantitative estimate of drug-likeness (QED) is 0.435. The number of nitrogens with zero attached hydrogens (tertiary/aromatic N) is 2. The molecule has 9 heteroatoms. The van der Waals surface area contributed by atoms with Gasteiger partial charge in [0.2, 0.25) is 0 Å². The van der Waals surface area contributed by atoms with Crippen molar-refractivity contribution in [3.63, 3.8) is 0 Å². The lowest BCUT2D eigenvalue weighted by Gasteiger charge is -2.06. The molecule has 0 saturated carbocycles. The number of ether oxygens (including phenoxy) is 2. The van der Waals surface area contributed by atoms with Crippen molar-refractivity contribution in [1.82, 2.24) is 9.97 Å². The van der Waals surface area contributed by atoms with E-state index in [4.69, 9.17) is 4.74 Å². The van der Waals surface area contributed by atoms with Gasteiger partial charge in [-0.15, -0.1) is 11.3 Å². The maximum atomic E-state index is 12.3. The molecule has 0 radical (unpaired) electrons. The first-order valence-electron chi connectivity index (χ1n) is 8.08. The summed E-state index contributed by atoms with van der Waals surface area (Å²) in [6, 6.07) is 10.5. The molecule has 0 unspecified atom stereocenters. The van der Waals surface area contributed by atoms with Gasteiger partial charge >= 0.3 is 12.6 Å². The van der Waals surface area contributed by atoms with E-state index in [9.17, 15) is 18.4 Å². The van der Waals surface area contributed by atoms with Crippen LogP contribution < -0.4 is 4.74 Å². The van der Waals surface area contributed by atoms with Gasteiger partial charge < -0.3 is 9.47 Å². The number of aromatic nitrogens is 2. The predicted octanol–water partition coefficient (Wildman–Crippen LogP) is 4.15. The molecule has 0 saturated heterocycles. The van der Waals surface area contributed by atoms with Crippen LogP contribution in [0.15, 0.2) is 48.7 Å². The maximum absolute atomic E-state index is 12.3. The summed E-state index contributed by atoms with van der Waals surface area (Å²) in [6.45, 7) is -1.76. The summed E-state index contributed by atoms with van der Waals surface area (Å²) in [7, 11) is 0. The van der Waals surface area contributed by atoms with Gasteiger partial charge in [-0.3, -0.25) is 9.78 Å². The number of halogens is 2. The molecule has 0 aliphatic carbocycles. The number of carbonyl (C=O) groups is 2. The maximum Gasteiger partial charge on any atom is 0.387 e. The molecule has 0 bridgehead atoms. The third kappa shape index (κ3) is 4.74. The molecule has 0 amide bonds. The molecule has 0 N–H and O–H groups in total. The second-order valence-electron chi connectivity index (χ2n) is 5.55. The standard InChI is InChI=1S/C19H14F2N2O4S/c1-11-16(28-17(23-11)14-4-2-3-9-22-14)18(25)26-10-15(24)12-5-7-13(8-6-12)27-19(20)21/h2-9,19H,10H2,1H3. The van der Waals surface area contributed by atoms with Crippen molar-refractivity contribution in [3.05, 3.63) is 64.8 Å². The molecule has 2 aromatic heterocycles. The number of benzene rings is 1. The molecule has 28 heavy (non-hydrogen) atoms. The van der Waals surface area contributed by atoms with Crippen molar-refractivity contribution in [1.29, 1.82) is 0 Å². The van der Waals surface area contributed by atoms with Crippen LogP contribution in [0.25, 0.3) is 10.7 Å². The van der Waals surface area contributed by atoms with Crippen LogP contribution in [0.1, 0.15) is 25.7 Å². The van der Waals surface area contributed by atoms with Crippen LogP contribution in [0.3, 0.4) is 0 Å². The van der Waals surface area contributed by atoms with Gasteiger partial charge in [0, 0.05) is 11.8 Å².